The lowest BCUT2D eigenvalue weighted by Gasteiger charge is -2.42. The average Bonchev–Trinajstić information content (AvgIpc) is 3.69. The Balaban J connectivity index is 1.16. The highest BCUT2D eigenvalue weighted by Crippen LogP contribution is 2.27. The van der Waals surface area contributed by atoms with Gasteiger partial charge in [-0.05, 0) is 24.5 Å². The fourth-order valence-corrected chi connectivity index (χ4v) is 5.76. The van der Waals surface area contributed by atoms with Crippen LogP contribution in [0.1, 0.15) is 44.3 Å². The molecular weight excluding hydrogens is 548 g/mol. The predicted molar refractivity (Wildman–Crippen MR) is 152 cm³/mol. The van der Waals surface area contributed by atoms with E-state index in [4.69, 9.17) is 25.7 Å². The van der Waals surface area contributed by atoms with Crippen molar-refractivity contribution in [2.24, 2.45) is 0 Å². The van der Waals surface area contributed by atoms with Gasteiger partial charge in [0.1, 0.15) is 23.9 Å². The molecule has 0 aromatic carbocycles. The first-order valence-electron chi connectivity index (χ1n) is 14.0. The van der Waals surface area contributed by atoms with Gasteiger partial charge < -0.3 is 29.6 Å². The number of carbonyl (C=O) groups is 2. The minimum atomic E-state index is -0.369. The van der Waals surface area contributed by atoms with Crippen LogP contribution in [0.15, 0.2) is 47.1 Å². The van der Waals surface area contributed by atoms with Crippen LogP contribution in [0.2, 0.25) is 5.15 Å². The van der Waals surface area contributed by atoms with Gasteiger partial charge in [0, 0.05) is 63.2 Å². The second-order valence-corrected chi connectivity index (χ2v) is 11.0. The molecule has 2 aliphatic heterocycles. The van der Waals surface area contributed by atoms with Gasteiger partial charge in [-0.3, -0.25) is 9.36 Å². The number of nitrogens with zero attached hydrogens (tertiary/aromatic N) is 6. The van der Waals surface area contributed by atoms with Gasteiger partial charge in [0.2, 0.25) is 11.9 Å². The van der Waals surface area contributed by atoms with E-state index in [1.807, 2.05) is 11.0 Å². The number of imidazole rings is 1. The highest BCUT2D eigenvalue weighted by Gasteiger charge is 2.34. The summed E-state index contributed by atoms with van der Waals surface area (Å²) in [5.74, 6) is 2.22. The largest absolute Gasteiger partial charge is 0.485 e. The molecule has 3 aromatic heterocycles. The third-order valence-corrected chi connectivity index (χ3v) is 7.94. The minimum Gasteiger partial charge on any atom is -0.485 e. The Morgan fingerprint density at radius 1 is 1.15 bits per heavy atom. The van der Waals surface area contributed by atoms with E-state index in [1.54, 1.807) is 46.6 Å². The number of nitrogens with one attached hydrogen (secondary N) is 2. The summed E-state index contributed by atoms with van der Waals surface area (Å²) in [5.41, 5.74) is 0.903. The number of ether oxygens (including phenoxy) is 1. The van der Waals surface area contributed by atoms with Crippen molar-refractivity contribution in [3.05, 3.63) is 53.6 Å². The SMILES string of the molecule is O=C(CC1CN(c2cc(Cl)nc(-n3ccnc3)n2)CCN1C(=O)NC1CCCCC1)NCC1=Cc2occc2OC1. The van der Waals surface area contributed by atoms with Crippen molar-refractivity contribution in [2.45, 2.75) is 50.6 Å². The number of amides is 3. The van der Waals surface area contributed by atoms with Crippen molar-refractivity contribution in [2.75, 3.05) is 37.7 Å². The van der Waals surface area contributed by atoms with E-state index in [-0.39, 0.29) is 30.4 Å². The van der Waals surface area contributed by atoms with Gasteiger partial charge in [0.05, 0.1) is 12.3 Å². The van der Waals surface area contributed by atoms with Crippen LogP contribution in [-0.2, 0) is 4.79 Å². The summed E-state index contributed by atoms with van der Waals surface area (Å²) in [5, 5.41) is 6.51. The molecule has 0 spiro atoms. The normalized spacial score (nSPS) is 19.2. The van der Waals surface area contributed by atoms with E-state index in [2.05, 4.69) is 20.6 Å². The summed E-state index contributed by atoms with van der Waals surface area (Å²) in [6, 6.07) is 3.16. The molecule has 12 nitrogen and oxygen atoms in total. The zero-order valence-electron chi connectivity index (χ0n) is 22.7. The molecule has 5 heterocycles. The monoisotopic (exact) mass is 580 g/mol. The quantitative estimate of drug-likeness (QED) is 0.407. The molecule has 1 unspecified atom stereocenters. The molecule has 3 amide bonds. The van der Waals surface area contributed by atoms with Crippen LogP contribution in [0, 0.1) is 0 Å². The van der Waals surface area contributed by atoms with Crippen molar-refractivity contribution in [1.29, 1.82) is 0 Å². The van der Waals surface area contributed by atoms with Gasteiger partial charge in [-0.2, -0.15) is 4.98 Å². The smallest absolute Gasteiger partial charge is 0.318 e. The van der Waals surface area contributed by atoms with Crippen LogP contribution < -0.4 is 20.3 Å². The number of piperazine rings is 1. The van der Waals surface area contributed by atoms with Crippen LogP contribution >= 0.6 is 11.6 Å². The first kappa shape index (κ1) is 27.1. The van der Waals surface area contributed by atoms with Gasteiger partial charge in [0.15, 0.2) is 11.5 Å². The predicted octanol–water partition coefficient (Wildman–Crippen LogP) is 3.42. The number of hydrogen-bond acceptors (Lipinski definition) is 8. The summed E-state index contributed by atoms with van der Waals surface area (Å²) >= 11 is 6.36. The fraction of sp³-hybridized carbons (Fsp3) is 0.464. The highest BCUT2D eigenvalue weighted by molar-refractivity contribution is 6.29. The number of carbonyl (C=O) groups excluding carboxylic acids is 2. The fourth-order valence-electron chi connectivity index (χ4n) is 5.59. The van der Waals surface area contributed by atoms with Gasteiger partial charge in [-0.15, -0.1) is 0 Å². The van der Waals surface area contributed by atoms with Crippen molar-refractivity contribution < 1.29 is 18.7 Å². The topological polar surface area (TPSA) is 131 Å². The third kappa shape index (κ3) is 6.48. The average molecular weight is 581 g/mol. The minimum absolute atomic E-state index is 0.122. The van der Waals surface area contributed by atoms with E-state index in [9.17, 15) is 9.59 Å². The maximum Gasteiger partial charge on any atom is 0.318 e. The van der Waals surface area contributed by atoms with E-state index in [0.717, 1.165) is 31.3 Å². The van der Waals surface area contributed by atoms with Gasteiger partial charge >= 0.3 is 6.03 Å². The molecule has 2 N–H and O–H groups in total. The van der Waals surface area contributed by atoms with Crippen LogP contribution in [0.4, 0.5) is 10.6 Å². The number of halogens is 1. The summed E-state index contributed by atoms with van der Waals surface area (Å²) in [6.45, 7) is 2.12. The van der Waals surface area contributed by atoms with Crippen molar-refractivity contribution in [3.63, 3.8) is 0 Å². The summed E-state index contributed by atoms with van der Waals surface area (Å²) in [4.78, 5) is 43.5. The van der Waals surface area contributed by atoms with Gasteiger partial charge in [-0.25, -0.2) is 14.8 Å². The van der Waals surface area contributed by atoms with E-state index in [1.165, 1.54) is 6.42 Å². The molecule has 0 radical (unpaired) electrons. The molecule has 3 aromatic rings. The highest BCUT2D eigenvalue weighted by atomic mass is 35.5. The number of aromatic nitrogens is 4. The maximum absolute atomic E-state index is 13.4. The van der Waals surface area contributed by atoms with E-state index < -0.39 is 0 Å². The zero-order chi connectivity index (χ0) is 28.2. The lowest BCUT2D eigenvalue weighted by molar-refractivity contribution is -0.122. The van der Waals surface area contributed by atoms with E-state index in [0.29, 0.717) is 61.2 Å². The van der Waals surface area contributed by atoms with Gasteiger partial charge in [-0.1, -0.05) is 30.9 Å². The Morgan fingerprint density at radius 2 is 2.02 bits per heavy atom. The lowest BCUT2D eigenvalue weighted by atomic mass is 9.95. The molecular formula is C28H33ClN8O4. The molecule has 1 atom stereocenters. The first-order chi connectivity index (χ1) is 20.0. The molecule has 41 heavy (non-hydrogen) atoms. The summed E-state index contributed by atoms with van der Waals surface area (Å²) in [7, 11) is 0. The van der Waals surface area contributed by atoms with Crippen molar-refractivity contribution in [1.82, 2.24) is 35.1 Å². The number of fused-ring (bicyclic) bond motifs is 1. The number of rotatable bonds is 7. The standard InChI is InChI=1S/C28H33ClN8O4/c29-24-14-25(34-27(33-24)36-8-7-30-18-36)35-9-10-37(28(39)32-20-4-2-1-3-5-20)21(16-35)13-26(38)31-15-19-12-23-22(41-17-19)6-11-40-23/h6-8,11-12,14,18,20-21H,1-5,9-10,13,15-17H2,(H,31,38)(H,32,39). The number of hydrogen-bond donors (Lipinski definition) is 2. The number of anilines is 1. The van der Waals surface area contributed by atoms with Crippen molar-refractivity contribution in [3.8, 4) is 11.7 Å². The zero-order valence-corrected chi connectivity index (χ0v) is 23.4. The maximum atomic E-state index is 13.4. The Labute approximate surface area is 242 Å². The van der Waals surface area contributed by atoms with Crippen LogP contribution in [0.5, 0.6) is 5.75 Å². The van der Waals surface area contributed by atoms with Crippen LogP contribution in [0.3, 0.4) is 0 Å². The molecule has 6 rings (SSSR count). The van der Waals surface area contributed by atoms with Gasteiger partial charge in [0.25, 0.3) is 0 Å². The second-order valence-electron chi connectivity index (χ2n) is 10.6. The third-order valence-electron chi connectivity index (χ3n) is 7.74. The molecule has 3 aliphatic rings. The second kappa shape index (κ2) is 12.2. The van der Waals surface area contributed by atoms with Crippen LogP contribution in [0.25, 0.3) is 12.0 Å². The van der Waals surface area contributed by atoms with Crippen molar-refractivity contribution >= 4 is 35.4 Å². The Kier molecular flexibility index (Phi) is 8.08. The number of furan rings is 1. The Morgan fingerprint density at radius 3 is 2.85 bits per heavy atom. The molecule has 2 fully saturated rings. The Hall–Kier alpha value is -4.06. The molecule has 0 bridgehead atoms. The molecule has 13 heteroatoms. The molecule has 1 saturated carbocycles. The molecule has 1 aliphatic carbocycles. The molecule has 1 saturated heterocycles. The first-order valence-corrected chi connectivity index (χ1v) is 14.4. The number of urea groups is 1. The lowest BCUT2D eigenvalue weighted by Crippen LogP contribution is -2.60. The van der Waals surface area contributed by atoms with E-state index >= 15 is 0 Å². The summed E-state index contributed by atoms with van der Waals surface area (Å²) in [6.07, 6.45) is 14.0. The Bertz CT molecular complexity index is 1400. The molecule has 216 valence electrons. The summed E-state index contributed by atoms with van der Waals surface area (Å²) < 4.78 is 12.8. The van der Waals surface area contributed by atoms with Crippen LogP contribution in [-0.4, -0.2) is 81.2 Å².